The molecule has 2 aliphatic carbocycles. The Morgan fingerprint density at radius 1 is 1.08 bits per heavy atom. The van der Waals surface area contributed by atoms with Gasteiger partial charge in [0.1, 0.15) is 22.8 Å². The molecule has 15 heteroatoms. The number of Topliss-reactive ketones (excluding diaryl/α,β-unsaturated/α-hetero) is 1. The number of aliphatic hydroxyl groups is 2. The van der Waals surface area contributed by atoms with Crippen LogP contribution in [0.25, 0.3) is 0 Å². The fraction of sp³-hybridized carbons (Fsp3) is 0.364. The van der Waals surface area contributed by atoms with Gasteiger partial charge < -0.3 is 34.6 Å². The third-order valence-corrected chi connectivity index (χ3v) is 9.98. The standard InChI is InChI=1S/C33H33Cl2N3O10/c1-13-28(40)20(37-38(36)15-7-8-18(34)19(35)9-15)10-23(47-13)48-22-12-33(45,14(2)39)11-17-25(22)32(44)27-26(30(17)42)29(41)16-5-4-6-21(46-3)24(16)31(27)43/h4-9,13,20,22-23,28,37,40,42,44-45H,10-12,36H2,1-3H3/t13?,20?,22-,23?,28?,33-/m0/s1. The summed E-state index contributed by atoms with van der Waals surface area (Å²) in [7, 11) is 1.33. The molecule has 0 bridgehead atoms. The van der Waals surface area contributed by atoms with Gasteiger partial charge in [-0.15, -0.1) is 0 Å². The molecule has 3 aromatic rings. The molecule has 7 N–H and O–H groups in total. The third kappa shape index (κ3) is 5.59. The smallest absolute Gasteiger partial charge is 0.202 e. The largest absolute Gasteiger partial charge is 0.507 e. The number of hydrogen-bond acceptors (Lipinski definition) is 13. The highest BCUT2D eigenvalue weighted by atomic mass is 35.5. The van der Waals surface area contributed by atoms with Crippen LogP contribution >= 0.6 is 23.2 Å². The van der Waals surface area contributed by atoms with E-state index in [1.807, 2.05) is 0 Å². The lowest BCUT2D eigenvalue weighted by atomic mass is 9.72. The summed E-state index contributed by atoms with van der Waals surface area (Å²) in [6, 6.07) is 8.34. The molecule has 6 atom stereocenters. The van der Waals surface area contributed by atoms with E-state index >= 15 is 0 Å². The van der Waals surface area contributed by atoms with Crippen molar-refractivity contribution in [2.45, 2.75) is 69.4 Å². The molecule has 13 nitrogen and oxygen atoms in total. The predicted octanol–water partition coefficient (Wildman–Crippen LogP) is 3.26. The second-order valence-electron chi connectivity index (χ2n) is 12.2. The van der Waals surface area contributed by atoms with Crippen LogP contribution < -0.4 is 21.1 Å². The molecule has 254 valence electrons. The lowest BCUT2D eigenvalue weighted by Crippen LogP contribution is -2.60. The second kappa shape index (κ2) is 12.6. The molecule has 1 saturated heterocycles. The lowest BCUT2D eigenvalue weighted by molar-refractivity contribution is -0.249. The summed E-state index contributed by atoms with van der Waals surface area (Å²) >= 11 is 12.2. The highest BCUT2D eigenvalue weighted by Gasteiger charge is 2.49. The minimum absolute atomic E-state index is 0.0233. The summed E-state index contributed by atoms with van der Waals surface area (Å²) in [4.78, 5) is 40.3. The first-order valence-corrected chi connectivity index (χ1v) is 15.8. The maximum atomic E-state index is 13.9. The van der Waals surface area contributed by atoms with E-state index in [1.165, 1.54) is 38.3 Å². The average molecular weight is 703 g/mol. The quantitative estimate of drug-likeness (QED) is 0.0932. The van der Waals surface area contributed by atoms with E-state index in [2.05, 4.69) is 5.43 Å². The van der Waals surface area contributed by atoms with Crippen LogP contribution in [0.3, 0.4) is 0 Å². The van der Waals surface area contributed by atoms with Crippen LogP contribution in [-0.2, 0) is 20.7 Å². The maximum absolute atomic E-state index is 13.9. The molecule has 1 fully saturated rings. The number of anilines is 1. The number of benzene rings is 3. The SMILES string of the molecule is COc1cccc2c1C(=O)c1c(O)c3c(c(O)c1C2=O)C[C@@](O)(C(C)=O)C[C@@H]3OC1CC(NN(N)c2ccc(Cl)c(Cl)c2)C(O)C(C)O1. The Bertz CT molecular complexity index is 1850. The second-order valence-corrected chi connectivity index (χ2v) is 13.0. The predicted molar refractivity (Wildman–Crippen MR) is 172 cm³/mol. The number of halogens is 2. The number of nitrogens with zero attached hydrogens (tertiary/aromatic N) is 1. The Hall–Kier alpha value is -3.79. The number of rotatable bonds is 7. The van der Waals surface area contributed by atoms with Crippen molar-refractivity contribution in [1.29, 1.82) is 0 Å². The van der Waals surface area contributed by atoms with Gasteiger partial charge in [-0.05, 0) is 38.1 Å². The summed E-state index contributed by atoms with van der Waals surface area (Å²) in [6.45, 7) is 2.77. The van der Waals surface area contributed by atoms with Crippen LogP contribution in [0.2, 0.25) is 10.0 Å². The summed E-state index contributed by atoms with van der Waals surface area (Å²) in [6.07, 6.45) is -5.20. The van der Waals surface area contributed by atoms with Crippen LogP contribution in [0.1, 0.15) is 75.8 Å². The first kappa shape index (κ1) is 34.1. The van der Waals surface area contributed by atoms with Gasteiger partial charge in [-0.25, -0.2) is 16.4 Å². The van der Waals surface area contributed by atoms with Crippen molar-refractivity contribution in [3.63, 3.8) is 0 Å². The van der Waals surface area contributed by atoms with E-state index in [-0.39, 0.29) is 45.9 Å². The van der Waals surface area contributed by atoms with Crippen molar-refractivity contribution in [2.75, 3.05) is 12.2 Å². The Balaban J connectivity index is 1.38. The van der Waals surface area contributed by atoms with Crippen molar-refractivity contribution < 1.29 is 49.0 Å². The highest BCUT2D eigenvalue weighted by molar-refractivity contribution is 6.42. The molecule has 48 heavy (non-hydrogen) atoms. The van der Waals surface area contributed by atoms with Gasteiger partial charge in [0.15, 0.2) is 17.9 Å². The number of nitrogens with one attached hydrogen (secondary N) is 1. The van der Waals surface area contributed by atoms with Crippen molar-refractivity contribution in [3.8, 4) is 17.2 Å². The van der Waals surface area contributed by atoms with Crippen LogP contribution in [0, 0.1) is 0 Å². The van der Waals surface area contributed by atoms with Gasteiger partial charge in [-0.1, -0.05) is 35.3 Å². The average Bonchev–Trinajstić information content (AvgIpc) is 3.04. The molecular formula is C33H33Cl2N3O10. The highest BCUT2D eigenvalue weighted by Crippen LogP contribution is 2.52. The van der Waals surface area contributed by atoms with E-state index in [9.17, 15) is 34.8 Å². The molecule has 6 rings (SSSR count). The number of ketones is 3. The van der Waals surface area contributed by atoms with Gasteiger partial charge in [-0.2, -0.15) is 0 Å². The van der Waals surface area contributed by atoms with Gasteiger partial charge in [0.05, 0.1) is 63.9 Å². The van der Waals surface area contributed by atoms with Crippen LogP contribution in [0.4, 0.5) is 5.69 Å². The lowest BCUT2D eigenvalue weighted by Gasteiger charge is -2.43. The first-order chi connectivity index (χ1) is 22.7. The van der Waals surface area contributed by atoms with Gasteiger partial charge >= 0.3 is 0 Å². The van der Waals surface area contributed by atoms with Gasteiger partial charge in [0.2, 0.25) is 5.78 Å². The van der Waals surface area contributed by atoms with E-state index in [4.69, 9.17) is 43.3 Å². The fourth-order valence-electron chi connectivity index (χ4n) is 6.64. The van der Waals surface area contributed by atoms with Gasteiger partial charge in [-0.3, -0.25) is 14.4 Å². The van der Waals surface area contributed by atoms with Crippen LogP contribution in [0.15, 0.2) is 36.4 Å². The summed E-state index contributed by atoms with van der Waals surface area (Å²) in [5.74, 6) is 2.86. The Labute approximate surface area is 284 Å². The van der Waals surface area contributed by atoms with Crippen molar-refractivity contribution in [1.82, 2.24) is 5.43 Å². The monoisotopic (exact) mass is 701 g/mol. The van der Waals surface area contributed by atoms with Crippen LogP contribution in [0.5, 0.6) is 17.2 Å². The number of phenolic OH excluding ortho intramolecular Hbond substituents is 2. The zero-order chi connectivity index (χ0) is 34.8. The zero-order valence-electron chi connectivity index (χ0n) is 26.0. The molecule has 0 aromatic heterocycles. The molecule has 1 heterocycles. The normalized spacial score (nSPS) is 26.4. The number of carbonyl (C=O) groups is 3. The van der Waals surface area contributed by atoms with E-state index < -0.39 is 82.6 Å². The third-order valence-electron chi connectivity index (χ3n) is 9.24. The Morgan fingerprint density at radius 2 is 1.79 bits per heavy atom. The van der Waals surface area contributed by atoms with Crippen molar-refractivity contribution in [2.24, 2.45) is 5.84 Å². The molecule has 3 aliphatic rings. The zero-order valence-corrected chi connectivity index (χ0v) is 27.5. The maximum Gasteiger partial charge on any atom is 0.202 e. The van der Waals surface area contributed by atoms with Crippen molar-refractivity contribution >= 4 is 46.2 Å². The minimum Gasteiger partial charge on any atom is -0.507 e. The summed E-state index contributed by atoms with van der Waals surface area (Å²) in [5, 5.41) is 47.4. The van der Waals surface area contributed by atoms with Crippen molar-refractivity contribution in [3.05, 3.63) is 79.8 Å². The first-order valence-electron chi connectivity index (χ1n) is 15.0. The molecule has 0 amide bonds. The van der Waals surface area contributed by atoms with E-state index in [0.29, 0.717) is 10.7 Å². The number of hydrogen-bond donors (Lipinski definition) is 6. The summed E-state index contributed by atoms with van der Waals surface area (Å²) < 4.78 is 17.6. The molecule has 4 unspecified atom stereocenters. The molecule has 0 radical (unpaired) electrons. The Kier molecular flexibility index (Phi) is 8.94. The number of aromatic hydroxyl groups is 2. The number of nitrogens with two attached hydrogens (primary N) is 1. The Morgan fingerprint density at radius 3 is 2.46 bits per heavy atom. The molecule has 0 saturated carbocycles. The number of ether oxygens (including phenoxy) is 3. The number of carbonyl (C=O) groups excluding carboxylic acids is 3. The van der Waals surface area contributed by atoms with E-state index in [0.717, 1.165) is 5.12 Å². The minimum atomic E-state index is -2.07. The number of phenols is 2. The van der Waals surface area contributed by atoms with Gasteiger partial charge in [0, 0.05) is 36.0 Å². The van der Waals surface area contributed by atoms with Gasteiger partial charge in [0.25, 0.3) is 0 Å². The molecule has 0 spiro atoms. The topological polar surface area (TPSA) is 201 Å². The number of fused-ring (bicyclic) bond motifs is 3. The molecular weight excluding hydrogens is 669 g/mol. The molecule has 3 aromatic carbocycles. The van der Waals surface area contributed by atoms with E-state index in [1.54, 1.807) is 19.1 Å². The number of hydrazine groups is 2. The summed E-state index contributed by atoms with van der Waals surface area (Å²) in [5.41, 5.74) is 0.110. The fourth-order valence-corrected chi connectivity index (χ4v) is 6.93. The van der Waals surface area contributed by atoms with Crippen LogP contribution in [-0.4, -0.2) is 75.0 Å². The number of aliphatic hydroxyl groups excluding tert-OH is 1. The number of methoxy groups -OCH3 is 1. The molecule has 1 aliphatic heterocycles.